The first-order chi connectivity index (χ1) is 7.77. The number of nitrogens with one attached hydrogen (secondary N) is 1. The van der Waals surface area contributed by atoms with Gasteiger partial charge in [-0.15, -0.1) is 0 Å². The van der Waals surface area contributed by atoms with E-state index >= 15 is 0 Å². The Morgan fingerprint density at radius 1 is 1.19 bits per heavy atom. The van der Waals surface area contributed by atoms with Gasteiger partial charge < -0.3 is 5.32 Å². The highest BCUT2D eigenvalue weighted by molar-refractivity contribution is 6.32. The Bertz CT molecular complexity index is 437. The monoisotopic (exact) mass is 232 g/mol. The molecule has 0 saturated heterocycles. The molecule has 1 aromatic heterocycles. The number of rotatable bonds is 3. The fraction of sp³-hybridized carbons (Fsp3) is 0.154. The molecule has 3 heteroatoms. The summed E-state index contributed by atoms with van der Waals surface area (Å²) in [6.07, 6.45) is 1.73. The Morgan fingerprint density at radius 2 is 2.00 bits per heavy atom. The Labute approximate surface area is 100 Å². The van der Waals surface area contributed by atoms with E-state index < -0.39 is 0 Å². The molecule has 0 amide bonds. The molecule has 0 aliphatic carbocycles. The van der Waals surface area contributed by atoms with E-state index in [1.165, 1.54) is 11.1 Å². The highest BCUT2D eigenvalue weighted by Crippen LogP contribution is 2.18. The van der Waals surface area contributed by atoms with Crippen molar-refractivity contribution >= 4 is 17.4 Å². The maximum atomic E-state index is 6.01. The Morgan fingerprint density at radius 3 is 2.75 bits per heavy atom. The molecule has 1 aromatic carbocycles. The molecule has 0 atom stereocenters. The molecule has 16 heavy (non-hydrogen) atoms. The number of halogens is 1. The number of anilines is 1. The molecule has 1 N–H and O–H groups in total. The molecular formula is C13H13ClN2. The van der Waals surface area contributed by atoms with Gasteiger partial charge >= 0.3 is 0 Å². The fourth-order valence-electron chi connectivity index (χ4n) is 1.50. The molecule has 0 fully saturated rings. The number of benzene rings is 1. The smallest absolute Gasteiger partial charge is 0.145 e. The molecule has 2 nitrogen and oxygen atoms in total. The summed E-state index contributed by atoms with van der Waals surface area (Å²) in [5.74, 6) is 0.729. The largest absolute Gasteiger partial charge is 0.365 e. The van der Waals surface area contributed by atoms with Crippen molar-refractivity contribution in [2.45, 2.75) is 13.5 Å². The fourth-order valence-corrected chi connectivity index (χ4v) is 1.69. The zero-order chi connectivity index (χ0) is 11.4. The first-order valence-electron chi connectivity index (χ1n) is 5.16. The highest BCUT2D eigenvalue weighted by Gasteiger charge is 2.01. The normalized spacial score (nSPS) is 10.1. The third-order valence-electron chi connectivity index (χ3n) is 2.47. The van der Waals surface area contributed by atoms with Crippen molar-refractivity contribution in [1.29, 1.82) is 0 Å². The lowest BCUT2D eigenvalue weighted by atomic mass is 10.1. The maximum absolute atomic E-state index is 6.01. The number of hydrogen-bond acceptors (Lipinski definition) is 2. The van der Waals surface area contributed by atoms with Crippen molar-refractivity contribution in [1.82, 2.24) is 4.98 Å². The Kier molecular flexibility index (Phi) is 3.42. The van der Waals surface area contributed by atoms with Gasteiger partial charge in [0.2, 0.25) is 0 Å². The molecule has 0 saturated carbocycles. The van der Waals surface area contributed by atoms with Crippen molar-refractivity contribution in [2.75, 3.05) is 5.32 Å². The summed E-state index contributed by atoms with van der Waals surface area (Å²) >= 11 is 6.01. The van der Waals surface area contributed by atoms with Crippen LogP contribution >= 0.6 is 11.6 Å². The Hall–Kier alpha value is -1.54. The number of hydrogen-bond donors (Lipinski definition) is 1. The number of pyridine rings is 1. The lowest BCUT2D eigenvalue weighted by molar-refractivity contribution is 1.09. The van der Waals surface area contributed by atoms with Crippen molar-refractivity contribution < 1.29 is 0 Å². The van der Waals surface area contributed by atoms with Gasteiger partial charge in [0.25, 0.3) is 0 Å². The van der Waals surface area contributed by atoms with E-state index in [1.54, 1.807) is 6.20 Å². The van der Waals surface area contributed by atoms with E-state index in [0.29, 0.717) is 5.02 Å². The zero-order valence-electron chi connectivity index (χ0n) is 9.07. The van der Waals surface area contributed by atoms with Crippen molar-refractivity contribution in [2.24, 2.45) is 0 Å². The first kappa shape index (κ1) is 11.0. The number of aromatic nitrogens is 1. The first-order valence-corrected chi connectivity index (χ1v) is 5.54. The molecule has 0 bridgehead atoms. The summed E-state index contributed by atoms with van der Waals surface area (Å²) in [5, 5.41) is 3.88. The summed E-state index contributed by atoms with van der Waals surface area (Å²) in [6, 6.07) is 11.9. The van der Waals surface area contributed by atoms with Crippen molar-refractivity contribution in [3.8, 4) is 0 Å². The summed E-state index contributed by atoms with van der Waals surface area (Å²) in [6.45, 7) is 2.83. The lowest BCUT2D eigenvalue weighted by Gasteiger charge is -2.08. The van der Waals surface area contributed by atoms with Crippen LogP contribution in [0, 0.1) is 6.92 Å². The summed E-state index contributed by atoms with van der Waals surface area (Å²) in [5.41, 5.74) is 2.52. The molecule has 1 heterocycles. The predicted octanol–water partition coefficient (Wildman–Crippen LogP) is 3.66. The van der Waals surface area contributed by atoms with E-state index in [-0.39, 0.29) is 0 Å². The Balaban J connectivity index is 2.09. The van der Waals surface area contributed by atoms with Gasteiger partial charge in [-0.3, -0.25) is 0 Å². The second-order valence-corrected chi connectivity index (χ2v) is 4.02. The molecule has 0 spiro atoms. The number of aryl methyl sites for hydroxylation is 1. The third kappa shape index (κ3) is 2.52. The second-order valence-electron chi connectivity index (χ2n) is 3.61. The van der Waals surface area contributed by atoms with Gasteiger partial charge in [-0.25, -0.2) is 4.98 Å². The SMILES string of the molecule is Cc1ccccc1CNc1ncccc1Cl. The molecule has 2 aromatic rings. The van der Waals surface area contributed by atoms with Crippen LogP contribution in [0.15, 0.2) is 42.6 Å². The molecule has 0 radical (unpaired) electrons. The van der Waals surface area contributed by atoms with Crippen LogP contribution in [0.2, 0.25) is 5.02 Å². The second kappa shape index (κ2) is 4.99. The highest BCUT2D eigenvalue weighted by atomic mass is 35.5. The van der Waals surface area contributed by atoms with Gasteiger partial charge in [0.1, 0.15) is 5.82 Å². The predicted molar refractivity (Wildman–Crippen MR) is 67.8 cm³/mol. The van der Waals surface area contributed by atoms with Crippen LogP contribution in [0.5, 0.6) is 0 Å². The summed E-state index contributed by atoms with van der Waals surface area (Å²) < 4.78 is 0. The molecule has 0 aliphatic heterocycles. The van der Waals surface area contributed by atoms with Gasteiger partial charge in [0.15, 0.2) is 0 Å². The van der Waals surface area contributed by atoms with Crippen LogP contribution in [0.3, 0.4) is 0 Å². The van der Waals surface area contributed by atoms with E-state index in [2.05, 4.69) is 29.4 Å². The van der Waals surface area contributed by atoms with Crippen LogP contribution < -0.4 is 5.32 Å². The van der Waals surface area contributed by atoms with Crippen molar-refractivity contribution in [3.05, 3.63) is 58.7 Å². The van der Waals surface area contributed by atoms with E-state index in [0.717, 1.165) is 12.4 Å². The molecule has 2 rings (SSSR count). The summed E-state index contributed by atoms with van der Waals surface area (Å²) in [7, 11) is 0. The van der Waals surface area contributed by atoms with Crippen LogP contribution in [-0.4, -0.2) is 4.98 Å². The van der Waals surface area contributed by atoms with Gasteiger partial charge in [-0.2, -0.15) is 0 Å². The van der Waals surface area contributed by atoms with E-state index in [1.807, 2.05) is 24.3 Å². The van der Waals surface area contributed by atoms with Crippen LogP contribution in [0.1, 0.15) is 11.1 Å². The third-order valence-corrected chi connectivity index (χ3v) is 2.77. The zero-order valence-corrected chi connectivity index (χ0v) is 9.83. The van der Waals surface area contributed by atoms with Gasteiger partial charge in [0.05, 0.1) is 5.02 Å². The van der Waals surface area contributed by atoms with Gasteiger partial charge in [0, 0.05) is 12.7 Å². The average Bonchev–Trinajstić information content (AvgIpc) is 2.30. The van der Waals surface area contributed by atoms with E-state index in [4.69, 9.17) is 11.6 Å². The minimum atomic E-state index is 0.649. The van der Waals surface area contributed by atoms with Crippen LogP contribution in [0.4, 0.5) is 5.82 Å². The van der Waals surface area contributed by atoms with Crippen LogP contribution in [0.25, 0.3) is 0 Å². The topological polar surface area (TPSA) is 24.9 Å². The quantitative estimate of drug-likeness (QED) is 0.874. The minimum Gasteiger partial charge on any atom is -0.365 e. The van der Waals surface area contributed by atoms with Crippen LogP contribution in [-0.2, 0) is 6.54 Å². The minimum absolute atomic E-state index is 0.649. The molecule has 82 valence electrons. The average molecular weight is 233 g/mol. The molecular weight excluding hydrogens is 220 g/mol. The maximum Gasteiger partial charge on any atom is 0.145 e. The summed E-state index contributed by atoms with van der Waals surface area (Å²) in [4.78, 5) is 4.18. The van der Waals surface area contributed by atoms with Gasteiger partial charge in [-0.1, -0.05) is 35.9 Å². The van der Waals surface area contributed by atoms with E-state index in [9.17, 15) is 0 Å². The lowest BCUT2D eigenvalue weighted by Crippen LogP contribution is -2.02. The van der Waals surface area contributed by atoms with Crippen molar-refractivity contribution in [3.63, 3.8) is 0 Å². The van der Waals surface area contributed by atoms with Gasteiger partial charge in [-0.05, 0) is 30.2 Å². The standard InChI is InChI=1S/C13H13ClN2/c1-10-5-2-3-6-11(10)9-16-13-12(14)7-4-8-15-13/h2-8H,9H2,1H3,(H,15,16). The molecule has 0 aliphatic rings. The number of nitrogens with zero attached hydrogens (tertiary/aromatic N) is 1. The molecule has 0 unspecified atom stereocenters.